The fourth-order valence-corrected chi connectivity index (χ4v) is 2.21. The van der Waals surface area contributed by atoms with Crippen LogP contribution in [-0.4, -0.2) is 56.8 Å². The summed E-state index contributed by atoms with van der Waals surface area (Å²) >= 11 is 0. The number of carboxylic acid groups (broad SMARTS) is 1. The molecule has 1 aromatic carbocycles. The molecule has 0 atom stereocenters. The minimum atomic E-state index is -0.778. The Hall–Kier alpha value is -1.75. The Morgan fingerprint density at radius 2 is 1.95 bits per heavy atom. The van der Waals surface area contributed by atoms with E-state index < -0.39 is 5.97 Å². The molecule has 0 fully saturated rings. The predicted octanol–water partition coefficient (Wildman–Crippen LogP) is 2.24. The molecular formula is C16H26N2O3. The first-order chi connectivity index (χ1) is 9.93. The highest BCUT2D eigenvalue weighted by Gasteiger charge is 2.13. The molecule has 0 radical (unpaired) electrons. The highest BCUT2D eigenvalue weighted by atomic mass is 16.5. The van der Waals surface area contributed by atoms with Gasteiger partial charge in [0.15, 0.2) is 0 Å². The first-order valence-corrected chi connectivity index (χ1v) is 7.20. The summed E-state index contributed by atoms with van der Waals surface area (Å²) in [6.07, 6.45) is 1.10. The number of hydrogen-bond donors (Lipinski definition) is 1. The lowest BCUT2D eigenvalue weighted by Crippen LogP contribution is -2.30. The van der Waals surface area contributed by atoms with E-state index in [4.69, 9.17) is 9.84 Å². The third-order valence-corrected chi connectivity index (χ3v) is 3.30. The Labute approximate surface area is 127 Å². The van der Waals surface area contributed by atoms with Crippen molar-refractivity contribution in [2.45, 2.75) is 19.8 Å². The van der Waals surface area contributed by atoms with Gasteiger partial charge >= 0.3 is 5.97 Å². The second-order valence-electron chi connectivity index (χ2n) is 5.46. The van der Waals surface area contributed by atoms with Crippen LogP contribution in [0, 0.1) is 6.92 Å². The van der Waals surface area contributed by atoms with Crippen molar-refractivity contribution in [2.75, 3.05) is 45.7 Å². The summed E-state index contributed by atoms with van der Waals surface area (Å²) in [5, 5.41) is 8.94. The van der Waals surface area contributed by atoms with Gasteiger partial charge < -0.3 is 19.6 Å². The third kappa shape index (κ3) is 6.04. The van der Waals surface area contributed by atoms with Gasteiger partial charge in [0.1, 0.15) is 5.75 Å². The van der Waals surface area contributed by atoms with Crippen LogP contribution in [0.2, 0.25) is 0 Å². The number of aryl methyl sites for hydroxylation is 1. The van der Waals surface area contributed by atoms with E-state index in [9.17, 15) is 4.79 Å². The van der Waals surface area contributed by atoms with E-state index in [1.165, 1.54) is 0 Å². The van der Waals surface area contributed by atoms with E-state index in [-0.39, 0.29) is 6.42 Å². The van der Waals surface area contributed by atoms with Crippen LogP contribution in [0.1, 0.15) is 18.4 Å². The van der Waals surface area contributed by atoms with Gasteiger partial charge in [-0.15, -0.1) is 0 Å². The molecule has 0 heterocycles. The second kappa shape index (κ2) is 8.52. The largest absolute Gasteiger partial charge is 0.495 e. The summed E-state index contributed by atoms with van der Waals surface area (Å²) in [6.45, 7) is 4.30. The van der Waals surface area contributed by atoms with Gasteiger partial charge in [0.25, 0.3) is 0 Å². The normalized spacial score (nSPS) is 10.7. The molecule has 118 valence electrons. The third-order valence-electron chi connectivity index (χ3n) is 3.30. The topological polar surface area (TPSA) is 53.0 Å². The molecule has 0 saturated heterocycles. The lowest BCUT2D eigenvalue weighted by atomic mass is 10.1. The van der Waals surface area contributed by atoms with Crippen molar-refractivity contribution in [1.82, 2.24) is 4.90 Å². The van der Waals surface area contributed by atoms with Crippen LogP contribution in [0.3, 0.4) is 0 Å². The smallest absolute Gasteiger partial charge is 0.305 e. The predicted molar refractivity (Wildman–Crippen MR) is 85.4 cm³/mol. The van der Waals surface area contributed by atoms with E-state index in [0.29, 0.717) is 6.54 Å². The molecule has 1 rings (SSSR count). The molecule has 0 spiro atoms. The number of hydrogen-bond acceptors (Lipinski definition) is 4. The zero-order chi connectivity index (χ0) is 15.8. The number of methoxy groups -OCH3 is 1. The average molecular weight is 294 g/mol. The van der Waals surface area contributed by atoms with Crippen molar-refractivity contribution in [1.29, 1.82) is 0 Å². The maximum Gasteiger partial charge on any atom is 0.305 e. The first kappa shape index (κ1) is 17.3. The molecular weight excluding hydrogens is 268 g/mol. The van der Waals surface area contributed by atoms with Gasteiger partial charge in [0, 0.05) is 13.1 Å². The monoisotopic (exact) mass is 294 g/mol. The van der Waals surface area contributed by atoms with Gasteiger partial charge in [-0.1, -0.05) is 6.07 Å². The molecule has 0 unspecified atom stereocenters. The lowest BCUT2D eigenvalue weighted by molar-refractivity contribution is -0.136. The van der Waals surface area contributed by atoms with Crippen molar-refractivity contribution in [3.63, 3.8) is 0 Å². The van der Waals surface area contributed by atoms with Crippen LogP contribution < -0.4 is 9.64 Å². The van der Waals surface area contributed by atoms with Crippen LogP contribution in [0.15, 0.2) is 18.2 Å². The minimum absolute atomic E-state index is 0.124. The Morgan fingerprint density at radius 1 is 1.24 bits per heavy atom. The summed E-state index contributed by atoms with van der Waals surface area (Å²) in [4.78, 5) is 15.1. The molecule has 0 aliphatic rings. The van der Waals surface area contributed by atoms with Gasteiger partial charge in [-0.3, -0.25) is 4.79 Å². The number of ether oxygens (including phenoxy) is 1. The zero-order valence-electron chi connectivity index (χ0n) is 13.4. The van der Waals surface area contributed by atoms with Crippen LogP contribution in [0.5, 0.6) is 5.75 Å². The summed E-state index contributed by atoms with van der Waals surface area (Å²) < 4.78 is 5.42. The van der Waals surface area contributed by atoms with Crippen molar-refractivity contribution >= 4 is 11.7 Å². The maximum absolute atomic E-state index is 10.9. The molecule has 5 nitrogen and oxygen atoms in total. The number of aliphatic carboxylic acids is 1. The molecule has 21 heavy (non-hydrogen) atoms. The van der Waals surface area contributed by atoms with Gasteiger partial charge in [0.2, 0.25) is 0 Å². The fourth-order valence-electron chi connectivity index (χ4n) is 2.21. The molecule has 0 aromatic heterocycles. The number of benzene rings is 1. The van der Waals surface area contributed by atoms with E-state index in [0.717, 1.165) is 36.5 Å². The molecule has 0 saturated carbocycles. The Bertz CT molecular complexity index is 461. The number of nitrogens with zero attached hydrogens (tertiary/aromatic N) is 2. The molecule has 0 aliphatic carbocycles. The van der Waals surface area contributed by atoms with E-state index in [2.05, 4.69) is 15.9 Å². The molecule has 0 amide bonds. The van der Waals surface area contributed by atoms with Crippen molar-refractivity contribution in [3.05, 3.63) is 23.8 Å². The van der Waals surface area contributed by atoms with E-state index in [1.54, 1.807) is 7.11 Å². The molecule has 0 bridgehead atoms. The molecule has 0 aliphatic heterocycles. The minimum Gasteiger partial charge on any atom is -0.495 e. The highest BCUT2D eigenvalue weighted by molar-refractivity contribution is 5.68. The van der Waals surface area contributed by atoms with Gasteiger partial charge in [-0.2, -0.15) is 0 Å². The van der Waals surface area contributed by atoms with Gasteiger partial charge in [-0.25, -0.2) is 0 Å². The number of carbonyl (C=O) groups is 1. The van der Waals surface area contributed by atoms with Crippen LogP contribution >= 0.6 is 0 Å². The lowest BCUT2D eigenvalue weighted by Gasteiger charge is -2.27. The van der Waals surface area contributed by atoms with E-state index >= 15 is 0 Å². The Morgan fingerprint density at radius 3 is 2.52 bits per heavy atom. The molecule has 5 heteroatoms. The highest BCUT2D eigenvalue weighted by Crippen LogP contribution is 2.29. The molecule has 1 aromatic rings. The SMILES string of the molecule is COc1ccc(C)cc1N(CCCN(C)C)CCC(=O)O. The number of rotatable bonds is 9. The second-order valence-corrected chi connectivity index (χ2v) is 5.46. The summed E-state index contributed by atoms with van der Waals surface area (Å²) in [7, 11) is 5.72. The maximum atomic E-state index is 10.9. The standard InChI is InChI=1S/C16H26N2O3/c1-13-6-7-15(21-4)14(12-13)18(11-8-16(19)20)10-5-9-17(2)3/h6-7,12H,5,8-11H2,1-4H3,(H,19,20). The van der Waals surface area contributed by atoms with E-state index in [1.807, 2.05) is 33.2 Å². The quantitative estimate of drug-likeness (QED) is 0.757. The van der Waals surface area contributed by atoms with Crippen LogP contribution in [-0.2, 0) is 4.79 Å². The Kier molecular flexibility index (Phi) is 7.02. The average Bonchev–Trinajstić information content (AvgIpc) is 2.42. The summed E-state index contributed by atoms with van der Waals surface area (Å²) in [5.41, 5.74) is 2.11. The van der Waals surface area contributed by atoms with Crippen LogP contribution in [0.25, 0.3) is 0 Å². The fraction of sp³-hybridized carbons (Fsp3) is 0.562. The number of carboxylic acids is 1. The van der Waals surface area contributed by atoms with Crippen LogP contribution in [0.4, 0.5) is 5.69 Å². The summed E-state index contributed by atoms with van der Waals surface area (Å²) in [6, 6.07) is 5.98. The first-order valence-electron chi connectivity index (χ1n) is 7.20. The van der Waals surface area contributed by atoms with Crippen molar-refractivity contribution < 1.29 is 14.6 Å². The molecule has 1 N–H and O–H groups in total. The van der Waals surface area contributed by atoms with Gasteiger partial charge in [0.05, 0.1) is 19.2 Å². The Balaban J connectivity index is 2.87. The van der Waals surface area contributed by atoms with Crippen molar-refractivity contribution in [2.24, 2.45) is 0 Å². The van der Waals surface area contributed by atoms with Crippen molar-refractivity contribution in [3.8, 4) is 5.75 Å². The number of anilines is 1. The summed E-state index contributed by atoms with van der Waals surface area (Å²) in [5.74, 6) is 0.00933. The van der Waals surface area contributed by atoms with Gasteiger partial charge in [-0.05, 0) is 51.7 Å². The zero-order valence-corrected chi connectivity index (χ0v) is 13.4.